The number of benzene rings is 1. The van der Waals surface area contributed by atoms with Gasteiger partial charge in [-0.25, -0.2) is 4.39 Å². The molecule has 0 N–H and O–H groups in total. The smallest absolute Gasteiger partial charge is 0.255 e. The van der Waals surface area contributed by atoms with Crippen LogP contribution in [0.2, 0.25) is 5.02 Å². The van der Waals surface area contributed by atoms with Crippen LogP contribution in [0.5, 0.6) is 0 Å². The van der Waals surface area contributed by atoms with Gasteiger partial charge in [-0.15, -0.1) is 0 Å². The van der Waals surface area contributed by atoms with Crippen LogP contribution in [0.1, 0.15) is 36.0 Å². The van der Waals surface area contributed by atoms with Crippen molar-refractivity contribution in [3.63, 3.8) is 0 Å². The van der Waals surface area contributed by atoms with Crippen molar-refractivity contribution < 1.29 is 14.0 Å². The summed E-state index contributed by atoms with van der Waals surface area (Å²) in [6, 6.07) is 3.79. The highest BCUT2D eigenvalue weighted by atomic mass is 35.5. The molecule has 3 nitrogen and oxygen atoms in total. The van der Waals surface area contributed by atoms with E-state index in [0.29, 0.717) is 31.2 Å². The van der Waals surface area contributed by atoms with E-state index in [-0.39, 0.29) is 22.8 Å². The summed E-state index contributed by atoms with van der Waals surface area (Å²) in [6.07, 6.45) is 2.39. The lowest BCUT2D eigenvalue weighted by atomic mass is 9.93. The molecule has 0 heterocycles. The monoisotopic (exact) mass is 283 g/mol. The highest BCUT2D eigenvalue weighted by Crippen LogP contribution is 2.24. The van der Waals surface area contributed by atoms with Gasteiger partial charge >= 0.3 is 0 Å². The lowest BCUT2D eigenvalue weighted by Crippen LogP contribution is -2.39. The molecule has 0 unspecified atom stereocenters. The van der Waals surface area contributed by atoms with Crippen LogP contribution < -0.4 is 0 Å². The fraction of sp³-hybridized carbons (Fsp3) is 0.429. The van der Waals surface area contributed by atoms with E-state index in [9.17, 15) is 14.0 Å². The summed E-state index contributed by atoms with van der Waals surface area (Å²) in [7, 11) is 1.70. The minimum Gasteiger partial charge on any atom is -0.339 e. The van der Waals surface area contributed by atoms with Crippen LogP contribution >= 0.6 is 11.6 Å². The average Bonchev–Trinajstić information content (AvgIpc) is 2.38. The highest BCUT2D eigenvalue weighted by molar-refractivity contribution is 6.33. The number of nitrogens with zero attached hydrogens (tertiary/aromatic N) is 1. The average molecular weight is 284 g/mol. The first-order valence-corrected chi connectivity index (χ1v) is 6.60. The molecule has 0 spiro atoms. The third-order valence-corrected chi connectivity index (χ3v) is 3.86. The molecule has 0 radical (unpaired) electrons. The lowest BCUT2D eigenvalue weighted by Gasteiger charge is -2.31. The van der Waals surface area contributed by atoms with Crippen molar-refractivity contribution in [1.82, 2.24) is 4.90 Å². The predicted octanol–water partition coefficient (Wildman–Crippen LogP) is 3.06. The molecule has 1 aromatic rings. The Bertz CT molecular complexity index is 508. The van der Waals surface area contributed by atoms with Crippen LogP contribution in [0, 0.1) is 5.82 Å². The van der Waals surface area contributed by atoms with Crippen LogP contribution in [0.4, 0.5) is 4.39 Å². The van der Waals surface area contributed by atoms with Crippen molar-refractivity contribution in [3.8, 4) is 0 Å². The fourth-order valence-corrected chi connectivity index (χ4v) is 2.58. The Hall–Kier alpha value is -1.42. The number of carbonyl (C=O) groups excluding carboxylic acids is 2. The first kappa shape index (κ1) is 14.0. The Morgan fingerprint density at radius 3 is 2.58 bits per heavy atom. The van der Waals surface area contributed by atoms with Crippen molar-refractivity contribution in [2.24, 2.45) is 0 Å². The minimum atomic E-state index is -0.465. The maximum atomic E-state index is 13.0. The van der Waals surface area contributed by atoms with Gasteiger partial charge in [0.2, 0.25) is 0 Å². The first-order valence-electron chi connectivity index (χ1n) is 6.23. The summed E-state index contributed by atoms with van der Waals surface area (Å²) in [5.74, 6) is -0.450. The van der Waals surface area contributed by atoms with Gasteiger partial charge in [-0.2, -0.15) is 0 Å². The molecule has 0 bridgehead atoms. The molecule has 1 amide bonds. The normalized spacial score (nSPS) is 16.5. The summed E-state index contributed by atoms with van der Waals surface area (Å²) in [5.41, 5.74) is 0.294. The second-order valence-electron chi connectivity index (χ2n) is 4.81. The van der Waals surface area contributed by atoms with Gasteiger partial charge in [-0.05, 0) is 31.0 Å². The van der Waals surface area contributed by atoms with Gasteiger partial charge in [0.15, 0.2) is 0 Å². The van der Waals surface area contributed by atoms with Gasteiger partial charge in [0, 0.05) is 25.9 Å². The van der Waals surface area contributed by atoms with E-state index in [0.717, 1.165) is 6.07 Å². The molecule has 1 aliphatic rings. The molecule has 0 aliphatic heterocycles. The summed E-state index contributed by atoms with van der Waals surface area (Å²) < 4.78 is 13.0. The van der Waals surface area contributed by atoms with Crippen molar-refractivity contribution in [1.29, 1.82) is 0 Å². The number of rotatable bonds is 2. The van der Waals surface area contributed by atoms with E-state index in [1.807, 2.05) is 0 Å². The van der Waals surface area contributed by atoms with E-state index in [2.05, 4.69) is 0 Å². The van der Waals surface area contributed by atoms with Crippen molar-refractivity contribution in [3.05, 3.63) is 34.6 Å². The van der Waals surface area contributed by atoms with Gasteiger partial charge in [-0.1, -0.05) is 11.6 Å². The van der Waals surface area contributed by atoms with Gasteiger partial charge in [0.25, 0.3) is 5.91 Å². The second kappa shape index (κ2) is 5.70. The zero-order valence-corrected chi connectivity index (χ0v) is 11.4. The summed E-state index contributed by atoms with van der Waals surface area (Å²) >= 11 is 5.89. The number of Topliss-reactive ketones (excluding diaryl/α,β-unsaturated/α-hetero) is 1. The number of carbonyl (C=O) groups is 2. The summed E-state index contributed by atoms with van der Waals surface area (Å²) in [5, 5.41) is 0.115. The number of halogens is 2. The zero-order valence-electron chi connectivity index (χ0n) is 10.7. The van der Waals surface area contributed by atoms with Crippen molar-refractivity contribution >= 4 is 23.3 Å². The Labute approximate surface area is 116 Å². The predicted molar refractivity (Wildman–Crippen MR) is 70.8 cm³/mol. The van der Waals surface area contributed by atoms with E-state index < -0.39 is 5.82 Å². The summed E-state index contributed by atoms with van der Waals surface area (Å²) in [4.78, 5) is 25.1. The number of hydrogen-bond acceptors (Lipinski definition) is 2. The maximum absolute atomic E-state index is 13.0. The zero-order chi connectivity index (χ0) is 14.0. The maximum Gasteiger partial charge on any atom is 0.255 e. The first-order chi connectivity index (χ1) is 8.99. The molecular weight excluding hydrogens is 269 g/mol. The van der Waals surface area contributed by atoms with Crippen molar-refractivity contribution in [2.75, 3.05) is 7.05 Å². The molecular formula is C14H15ClFNO2. The fourth-order valence-electron chi connectivity index (χ4n) is 2.33. The largest absolute Gasteiger partial charge is 0.339 e. The van der Waals surface area contributed by atoms with E-state index in [1.165, 1.54) is 12.1 Å². The van der Waals surface area contributed by atoms with Gasteiger partial charge in [0.1, 0.15) is 11.6 Å². The number of ketones is 1. The van der Waals surface area contributed by atoms with Gasteiger partial charge < -0.3 is 4.90 Å². The Morgan fingerprint density at radius 2 is 2.00 bits per heavy atom. The molecule has 1 saturated carbocycles. The van der Waals surface area contributed by atoms with Crippen LogP contribution in [-0.4, -0.2) is 29.7 Å². The number of hydrogen-bond donors (Lipinski definition) is 0. The standard InChI is InChI=1S/C14H15ClFNO2/c1-17(10-3-5-11(18)6-4-10)14(19)12-7-2-9(16)8-13(12)15/h2,7-8,10H,3-6H2,1H3. The van der Waals surface area contributed by atoms with Crippen LogP contribution in [0.15, 0.2) is 18.2 Å². The Kier molecular flexibility index (Phi) is 4.20. The Balaban J connectivity index is 2.12. The molecule has 0 aromatic heterocycles. The third-order valence-electron chi connectivity index (χ3n) is 3.54. The lowest BCUT2D eigenvalue weighted by molar-refractivity contribution is -0.121. The second-order valence-corrected chi connectivity index (χ2v) is 5.22. The molecule has 0 saturated heterocycles. The number of amides is 1. The third kappa shape index (κ3) is 3.13. The molecule has 2 rings (SSSR count). The van der Waals surface area contributed by atoms with Crippen LogP contribution in [0.25, 0.3) is 0 Å². The molecule has 1 aromatic carbocycles. The minimum absolute atomic E-state index is 0.0475. The van der Waals surface area contributed by atoms with Gasteiger partial charge in [0.05, 0.1) is 10.6 Å². The van der Waals surface area contributed by atoms with Crippen LogP contribution in [0.3, 0.4) is 0 Å². The highest BCUT2D eigenvalue weighted by Gasteiger charge is 2.26. The van der Waals surface area contributed by atoms with Crippen molar-refractivity contribution in [2.45, 2.75) is 31.7 Å². The Morgan fingerprint density at radius 1 is 1.37 bits per heavy atom. The van der Waals surface area contributed by atoms with E-state index in [4.69, 9.17) is 11.6 Å². The molecule has 19 heavy (non-hydrogen) atoms. The molecule has 1 fully saturated rings. The SMILES string of the molecule is CN(C(=O)c1ccc(F)cc1Cl)C1CCC(=O)CC1. The van der Waals surface area contributed by atoms with E-state index in [1.54, 1.807) is 11.9 Å². The van der Waals surface area contributed by atoms with Gasteiger partial charge in [-0.3, -0.25) is 9.59 Å². The van der Waals surface area contributed by atoms with Crippen LogP contribution in [-0.2, 0) is 4.79 Å². The molecule has 1 aliphatic carbocycles. The molecule has 102 valence electrons. The quantitative estimate of drug-likeness (QED) is 0.836. The topological polar surface area (TPSA) is 37.4 Å². The molecule has 0 atom stereocenters. The van der Waals surface area contributed by atoms with E-state index >= 15 is 0 Å². The summed E-state index contributed by atoms with van der Waals surface area (Å²) in [6.45, 7) is 0. The molecule has 5 heteroatoms.